The first-order valence-corrected chi connectivity index (χ1v) is 7.08. The molecule has 0 aromatic heterocycles. The van der Waals surface area contributed by atoms with Gasteiger partial charge in [0.05, 0.1) is 7.11 Å². The molecule has 3 fully saturated rings. The Morgan fingerprint density at radius 2 is 2.15 bits per heavy atom. The van der Waals surface area contributed by atoms with Crippen molar-refractivity contribution in [3.63, 3.8) is 0 Å². The van der Waals surface area contributed by atoms with Gasteiger partial charge < -0.3 is 9.47 Å². The first-order chi connectivity index (χ1) is 9.74. The molecule has 108 valence electrons. The summed E-state index contributed by atoms with van der Waals surface area (Å²) in [6, 6.07) is 7.27. The summed E-state index contributed by atoms with van der Waals surface area (Å²) in [6.45, 7) is 3.15. The fraction of sp³-hybridized carbons (Fsp3) is 0.533. The molecule has 3 aliphatic heterocycles. The standard InChI is InChI=1S/C15H20N2O3/c1-19-13-4-2-3-12(9-13)16-15(18)20-14-10-17-7-5-11(14)6-8-17/h2-4,9,11,14H,5-8,10H2,1H3,(H,16,18)/t14-/m1/s1. The number of methoxy groups -OCH3 is 1. The Labute approximate surface area is 118 Å². The predicted octanol–water partition coefficient (Wildman–Crippen LogP) is 2.34. The number of amides is 1. The fourth-order valence-electron chi connectivity index (χ4n) is 3.03. The lowest BCUT2D eigenvalue weighted by molar-refractivity contribution is -0.0289. The number of rotatable bonds is 3. The van der Waals surface area contributed by atoms with E-state index >= 15 is 0 Å². The van der Waals surface area contributed by atoms with E-state index in [0.717, 1.165) is 32.5 Å². The lowest BCUT2D eigenvalue weighted by Crippen LogP contribution is -2.52. The lowest BCUT2D eigenvalue weighted by Gasteiger charge is -2.43. The van der Waals surface area contributed by atoms with Gasteiger partial charge in [0, 0.05) is 18.3 Å². The Morgan fingerprint density at radius 3 is 2.80 bits per heavy atom. The Balaban J connectivity index is 1.57. The summed E-state index contributed by atoms with van der Waals surface area (Å²) >= 11 is 0. The van der Waals surface area contributed by atoms with Crippen LogP contribution in [0.4, 0.5) is 10.5 Å². The zero-order chi connectivity index (χ0) is 13.9. The summed E-state index contributed by atoms with van der Waals surface area (Å²) in [5.41, 5.74) is 0.690. The van der Waals surface area contributed by atoms with Crippen molar-refractivity contribution in [2.45, 2.75) is 18.9 Å². The monoisotopic (exact) mass is 276 g/mol. The zero-order valence-electron chi connectivity index (χ0n) is 11.7. The molecule has 2 bridgehead atoms. The number of piperidine rings is 3. The average Bonchev–Trinajstić information content (AvgIpc) is 2.48. The number of anilines is 1. The minimum Gasteiger partial charge on any atom is -0.497 e. The Bertz CT molecular complexity index is 484. The van der Waals surface area contributed by atoms with Crippen LogP contribution >= 0.6 is 0 Å². The Morgan fingerprint density at radius 1 is 1.35 bits per heavy atom. The van der Waals surface area contributed by atoms with Crippen LogP contribution in [0.3, 0.4) is 0 Å². The van der Waals surface area contributed by atoms with Crippen LogP contribution in [0.25, 0.3) is 0 Å². The SMILES string of the molecule is COc1cccc(NC(=O)O[C@@H]2CN3CCC2CC3)c1. The van der Waals surface area contributed by atoms with Crippen molar-refractivity contribution in [1.29, 1.82) is 0 Å². The third kappa shape index (κ3) is 2.88. The molecule has 20 heavy (non-hydrogen) atoms. The molecule has 3 heterocycles. The molecule has 3 aliphatic rings. The van der Waals surface area contributed by atoms with Crippen molar-refractivity contribution < 1.29 is 14.3 Å². The van der Waals surface area contributed by atoms with E-state index in [-0.39, 0.29) is 12.2 Å². The van der Waals surface area contributed by atoms with E-state index in [2.05, 4.69) is 10.2 Å². The van der Waals surface area contributed by atoms with Gasteiger partial charge in [-0.25, -0.2) is 4.79 Å². The molecule has 5 nitrogen and oxygen atoms in total. The molecule has 0 saturated carbocycles. The molecule has 4 rings (SSSR count). The minimum atomic E-state index is -0.378. The van der Waals surface area contributed by atoms with E-state index in [1.54, 1.807) is 13.2 Å². The second kappa shape index (κ2) is 5.71. The molecule has 0 aliphatic carbocycles. The molecule has 3 saturated heterocycles. The highest BCUT2D eigenvalue weighted by Crippen LogP contribution is 2.29. The topological polar surface area (TPSA) is 50.8 Å². The minimum absolute atomic E-state index is 0.0307. The van der Waals surface area contributed by atoms with Crippen molar-refractivity contribution in [2.24, 2.45) is 5.92 Å². The molecular weight excluding hydrogens is 256 g/mol. The molecule has 0 unspecified atom stereocenters. The van der Waals surface area contributed by atoms with Gasteiger partial charge in [-0.15, -0.1) is 0 Å². The third-order valence-corrected chi connectivity index (χ3v) is 4.17. The van der Waals surface area contributed by atoms with Crippen LogP contribution in [0.2, 0.25) is 0 Å². The Kier molecular flexibility index (Phi) is 3.78. The van der Waals surface area contributed by atoms with Crippen LogP contribution in [-0.2, 0) is 4.74 Å². The van der Waals surface area contributed by atoms with E-state index in [9.17, 15) is 4.79 Å². The van der Waals surface area contributed by atoms with Crippen LogP contribution in [0.5, 0.6) is 5.75 Å². The van der Waals surface area contributed by atoms with Crippen molar-refractivity contribution in [3.8, 4) is 5.75 Å². The maximum Gasteiger partial charge on any atom is 0.411 e. The summed E-state index contributed by atoms with van der Waals surface area (Å²) in [5, 5.41) is 2.76. The number of benzene rings is 1. The molecule has 1 atom stereocenters. The van der Waals surface area contributed by atoms with Crippen LogP contribution in [0.1, 0.15) is 12.8 Å². The fourth-order valence-corrected chi connectivity index (χ4v) is 3.03. The molecule has 1 aromatic rings. The first-order valence-electron chi connectivity index (χ1n) is 7.08. The molecule has 1 N–H and O–H groups in total. The van der Waals surface area contributed by atoms with E-state index < -0.39 is 0 Å². The van der Waals surface area contributed by atoms with Crippen LogP contribution < -0.4 is 10.1 Å². The molecule has 1 amide bonds. The second-order valence-corrected chi connectivity index (χ2v) is 5.44. The van der Waals surface area contributed by atoms with Crippen LogP contribution in [0.15, 0.2) is 24.3 Å². The number of hydrogen-bond acceptors (Lipinski definition) is 4. The molecule has 1 aromatic carbocycles. The van der Waals surface area contributed by atoms with Crippen LogP contribution in [0, 0.1) is 5.92 Å². The maximum absolute atomic E-state index is 12.0. The normalized spacial score (nSPS) is 27.9. The van der Waals surface area contributed by atoms with E-state index in [1.165, 1.54) is 0 Å². The number of nitrogens with one attached hydrogen (secondary N) is 1. The largest absolute Gasteiger partial charge is 0.497 e. The number of ether oxygens (including phenoxy) is 2. The lowest BCUT2D eigenvalue weighted by atomic mass is 9.86. The van der Waals surface area contributed by atoms with E-state index in [4.69, 9.17) is 9.47 Å². The van der Waals surface area contributed by atoms with Gasteiger partial charge in [0.2, 0.25) is 0 Å². The summed E-state index contributed by atoms with van der Waals surface area (Å²) in [6.07, 6.45) is 1.92. The number of nitrogens with zero attached hydrogens (tertiary/aromatic N) is 1. The number of carbonyl (C=O) groups excluding carboxylic acids is 1. The third-order valence-electron chi connectivity index (χ3n) is 4.17. The van der Waals surface area contributed by atoms with E-state index in [1.807, 2.05) is 18.2 Å². The molecule has 0 spiro atoms. The molecular formula is C15H20N2O3. The summed E-state index contributed by atoms with van der Waals surface area (Å²) < 4.78 is 10.7. The van der Waals surface area contributed by atoms with Crippen molar-refractivity contribution >= 4 is 11.8 Å². The highest BCUT2D eigenvalue weighted by atomic mass is 16.6. The molecule has 0 radical (unpaired) electrons. The van der Waals surface area contributed by atoms with Gasteiger partial charge >= 0.3 is 6.09 Å². The van der Waals surface area contributed by atoms with Gasteiger partial charge in [-0.05, 0) is 44.0 Å². The van der Waals surface area contributed by atoms with Gasteiger partial charge in [0.15, 0.2) is 0 Å². The smallest absolute Gasteiger partial charge is 0.411 e. The highest BCUT2D eigenvalue weighted by Gasteiger charge is 2.36. The quantitative estimate of drug-likeness (QED) is 0.920. The zero-order valence-corrected chi connectivity index (χ0v) is 11.7. The first kappa shape index (κ1) is 13.2. The highest BCUT2D eigenvalue weighted by molar-refractivity contribution is 5.85. The number of fused-ring (bicyclic) bond motifs is 3. The average molecular weight is 276 g/mol. The van der Waals surface area contributed by atoms with Crippen molar-refractivity contribution in [2.75, 3.05) is 32.1 Å². The van der Waals surface area contributed by atoms with Gasteiger partial charge in [-0.3, -0.25) is 10.2 Å². The van der Waals surface area contributed by atoms with Crippen LogP contribution in [-0.4, -0.2) is 43.8 Å². The summed E-state index contributed by atoms with van der Waals surface area (Å²) in [4.78, 5) is 14.3. The van der Waals surface area contributed by atoms with Gasteiger partial charge in [0.25, 0.3) is 0 Å². The predicted molar refractivity (Wildman–Crippen MR) is 76.0 cm³/mol. The summed E-state index contributed by atoms with van der Waals surface area (Å²) in [7, 11) is 1.60. The van der Waals surface area contributed by atoms with E-state index in [0.29, 0.717) is 17.4 Å². The van der Waals surface area contributed by atoms with Crippen molar-refractivity contribution in [1.82, 2.24) is 4.90 Å². The number of carbonyl (C=O) groups is 1. The van der Waals surface area contributed by atoms with Gasteiger partial charge in [0.1, 0.15) is 11.9 Å². The summed E-state index contributed by atoms with van der Waals surface area (Å²) in [5.74, 6) is 1.24. The second-order valence-electron chi connectivity index (χ2n) is 5.44. The van der Waals surface area contributed by atoms with Gasteiger partial charge in [-0.2, -0.15) is 0 Å². The number of hydrogen-bond donors (Lipinski definition) is 1. The van der Waals surface area contributed by atoms with Gasteiger partial charge in [-0.1, -0.05) is 6.07 Å². The Hall–Kier alpha value is -1.75. The molecule has 5 heteroatoms. The van der Waals surface area contributed by atoms with Crippen molar-refractivity contribution in [3.05, 3.63) is 24.3 Å². The maximum atomic E-state index is 12.0.